The summed E-state index contributed by atoms with van der Waals surface area (Å²) >= 11 is 0. The van der Waals surface area contributed by atoms with Gasteiger partial charge in [0.05, 0.1) is 11.9 Å². The van der Waals surface area contributed by atoms with Crippen LogP contribution in [0.4, 0.5) is 0 Å². The highest BCUT2D eigenvalue weighted by molar-refractivity contribution is 6.23. The van der Waals surface area contributed by atoms with Gasteiger partial charge in [0.1, 0.15) is 12.3 Å². The summed E-state index contributed by atoms with van der Waals surface area (Å²) in [4.78, 5) is 24.5. The van der Waals surface area contributed by atoms with E-state index < -0.39 is 0 Å². The zero-order valence-corrected chi connectivity index (χ0v) is 13.1. The number of aromatic nitrogens is 3. The Morgan fingerprint density at radius 3 is 2.44 bits per heavy atom. The predicted molar refractivity (Wildman–Crippen MR) is 89.3 cm³/mol. The van der Waals surface area contributed by atoms with Crippen LogP contribution in [-0.4, -0.2) is 26.6 Å². The van der Waals surface area contributed by atoms with E-state index in [1.807, 2.05) is 30.3 Å². The van der Waals surface area contributed by atoms with Gasteiger partial charge in [-0.3, -0.25) is 9.59 Å². The van der Waals surface area contributed by atoms with Crippen molar-refractivity contribution in [2.24, 2.45) is 0 Å². The van der Waals surface area contributed by atoms with Crippen LogP contribution in [0.3, 0.4) is 0 Å². The van der Waals surface area contributed by atoms with E-state index in [9.17, 15) is 9.59 Å². The molecule has 122 valence electrons. The van der Waals surface area contributed by atoms with E-state index in [0.717, 1.165) is 5.69 Å². The summed E-state index contributed by atoms with van der Waals surface area (Å²) in [5, 5.41) is 8.07. The highest BCUT2D eigenvalue weighted by Crippen LogP contribution is 2.22. The van der Waals surface area contributed by atoms with Gasteiger partial charge in [0.2, 0.25) is 5.78 Å². The molecule has 0 atom stereocenters. The molecule has 1 aliphatic rings. The van der Waals surface area contributed by atoms with Gasteiger partial charge >= 0.3 is 0 Å². The number of fused-ring (bicyclic) bond motifs is 1. The number of carbonyl (C=O) groups is 2. The highest BCUT2D eigenvalue weighted by atomic mass is 16.5. The van der Waals surface area contributed by atoms with Gasteiger partial charge in [0.15, 0.2) is 11.5 Å². The van der Waals surface area contributed by atoms with Gasteiger partial charge in [-0.1, -0.05) is 47.7 Å². The number of nitrogens with zero attached hydrogens (tertiary/aromatic N) is 3. The zero-order valence-electron chi connectivity index (χ0n) is 13.1. The average molecular weight is 331 g/mol. The van der Waals surface area contributed by atoms with Crippen LogP contribution < -0.4 is 0 Å². The summed E-state index contributed by atoms with van der Waals surface area (Å²) in [6.07, 6.45) is 2.95. The van der Waals surface area contributed by atoms with Crippen molar-refractivity contribution < 1.29 is 14.3 Å². The molecule has 0 saturated heterocycles. The summed E-state index contributed by atoms with van der Waals surface area (Å²) in [5.41, 5.74) is 2.19. The van der Waals surface area contributed by atoms with Gasteiger partial charge in [-0.2, -0.15) is 0 Å². The minimum absolute atomic E-state index is 0.0259. The summed E-state index contributed by atoms with van der Waals surface area (Å²) in [6, 6.07) is 16.2. The standard InChI is InChI=1S/C19H13N3O3/c23-17-10-18(19(24)16-9-5-4-8-15(16)17)25-12-13-11-22(21-20-13)14-6-2-1-3-7-14/h1-11H,12H2. The first-order valence-corrected chi connectivity index (χ1v) is 7.71. The second-order valence-electron chi connectivity index (χ2n) is 5.53. The molecule has 0 radical (unpaired) electrons. The van der Waals surface area contributed by atoms with Gasteiger partial charge < -0.3 is 4.74 Å². The van der Waals surface area contributed by atoms with E-state index in [-0.39, 0.29) is 23.9 Å². The maximum atomic E-state index is 12.4. The molecule has 25 heavy (non-hydrogen) atoms. The molecule has 0 aliphatic heterocycles. The van der Waals surface area contributed by atoms with Crippen molar-refractivity contribution in [3.63, 3.8) is 0 Å². The molecule has 1 aromatic heterocycles. The van der Waals surface area contributed by atoms with Crippen LogP contribution in [0.5, 0.6) is 0 Å². The fraction of sp³-hybridized carbons (Fsp3) is 0.0526. The fourth-order valence-corrected chi connectivity index (χ4v) is 2.62. The Morgan fingerprint density at radius 2 is 1.64 bits per heavy atom. The van der Waals surface area contributed by atoms with E-state index in [2.05, 4.69) is 10.3 Å². The quantitative estimate of drug-likeness (QED) is 0.735. The molecule has 2 aromatic carbocycles. The molecule has 0 saturated carbocycles. The zero-order chi connectivity index (χ0) is 17.2. The Bertz CT molecular complexity index is 990. The molecule has 0 fully saturated rings. The predicted octanol–water partition coefficient (Wildman–Crippen LogP) is 2.75. The summed E-state index contributed by atoms with van der Waals surface area (Å²) in [6.45, 7) is 0.0554. The van der Waals surface area contributed by atoms with Crippen LogP contribution in [0.15, 0.2) is 72.6 Å². The van der Waals surface area contributed by atoms with E-state index in [0.29, 0.717) is 16.8 Å². The molecule has 3 aromatic rings. The SMILES string of the molecule is O=C1C=C(OCc2cn(-c3ccccc3)nn2)C(=O)c2ccccc21. The molecular weight excluding hydrogens is 318 g/mol. The topological polar surface area (TPSA) is 74.1 Å². The third-order valence-electron chi connectivity index (χ3n) is 3.86. The van der Waals surface area contributed by atoms with Gasteiger partial charge in [-0.15, -0.1) is 5.10 Å². The number of Topliss-reactive ketones (excluding diaryl/α,β-unsaturated/α-hetero) is 1. The first kappa shape index (κ1) is 15.0. The Balaban J connectivity index is 1.50. The lowest BCUT2D eigenvalue weighted by Gasteiger charge is -2.14. The lowest BCUT2D eigenvalue weighted by atomic mass is 9.94. The van der Waals surface area contributed by atoms with Crippen LogP contribution in [0, 0.1) is 0 Å². The number of hydrogen-bond acceptors (Lipinski definition) is 5. The first-order chi connectivity index (χ1) is 12.2. The molecule has 6 heteroatoms. The van der Waals surface area contributed by atoms with Crippen molar-refractivity contribution in [3.8, 4) is 5.69 Å². The molecule has 1 heterocycles. The summed E-state index contributed by atoms with van der Waals surface area (Å²) < 4.78 is 7.15. The van der Waals surface area contributed by atoms with Gasteiger partial charge in [-0.05, 0) is 12.1 Å². The fourth-order valence-electron chi connectivity index (χ4n) is 2.62. The summed E-state index contributed by atoms with van der Waals surface area (Å²) in [5.74, 6) is -0.512. The van der Waals surface area contributed by atoms with Crippen molar-refractivity contribution in [3.05, 3.63) is 89.5 Å². The number of hydrogen-bond donors (Lipinski definition) is 0. The first-order valence-electron chi connectivity index (χ1n) is 7.71. The molecule has 0 bridgehead atoms. The smallest absolute Gasteiger partial charge is 0.228 e. The van der Waals surface area contributed by atoms with Gasteiger partial charge in [-0.25, -0.2) is 4.68 Å². The second kappa shape index (κ2) is 6.16. The normalized spacial score (nSPS) is 13.4. The molecular formula is C19H13N3O3. The van der Waals surface area contributed by atoms with Crippen molar-refractivity contribution in [2.45, 2.75) is 6.61 Å². The van der Waals surface area contributed by atoms with Crippen molar-refractivity contribution in [2.75, 3.05) is 0 Å². The highest BCUT2D eigenvalue weighted by Gasteiger charge is 2.26. The average Bonchev–Trinajstić information content (AvgIpc) is 3.13. The lowest BCUT2D eigenvalue weighted by molar-refractivity contribution is 0.0867. The van der Waals surface area contributed by atoms with Crippen LogP contribution in [0.2, 0.25) is 0 Å². The van der Waals surface area contributed by atoms with Crippen molar-refractivity contribution in [1.82, 2.24) is 15.0 Å². The van der Waals surface area contributed by atoms with E-state index >= 15 is 0 Å². The van der Waals surface area contributed by atoms with E-state index in [4.69, 9.17) is 4.74 Å². The lowest BCUT2D eigenvalue weighted by Crippen LogP contribution is -2.18. The number of ketones is 2. The van der Waals surface area contributed by atoms with E-state index in [1.165, 1.54) is 6.08 Å². The van der Waals surface area contributed by atoms with Gasteiger partial charge in [0.25, 0.3) is 0 Å². The number of carbonyl (C=O) groups excluding carboxylic acids is 2. The molecule has 0 N–H and O–H groups in total. The maximum absolute atomic E-state index is 12.4. The molecule has 0 spiro atoms. The van der Waals surface area contributed by atoms with Crippen LogP contribution >= 0.6 is 0 Å². The number of ether oxygens (including phenoxy) is 1. The third-order valence-corrected chi connectivity index (χ3v) is 3.86. The molecule has 0 amide bonds. The second-order valence-corrected chi connectivity index (χ2v) is 5.53. The maximum Gasteiger partial charge on any atom is 0.228 e. The number of para-hydroxylation sites is 1. The Hall–Kier alpha value is -3.54. The largest absolute Gasteiger partial charge is 0.483 e. The van der Waals surface area contributed by atoms with Crippen LogP contribution in [0.1, 0.15) is 26.4 Å². The molecule has 4 rings (SSSR count). The Morgan fingerprint density at radius 1 is 0.920 bits per heavy atom. The number of rotatable bonds is 4. The Labute approximate surface area is 143 Å². The Kier molecular flexibility index (Phi) is 3.70. The molecule has 0 unspecified atom stereocenters. The minimum atomic E-state index is -0.300. The molecule has 1 aliphatic carbocycles. The van der Waals surface area contributed by atoms with E-state index in [1.54, 1.807) is 35.1 Å². The monoisotopic (exact) mass is 331 g/mol. The number of allylic oxidation sites excluding steroid dienone is 2. The van der Waals surface area contributed by atoms with Crippen LogP contribution in [0.25, 0.3) is 5.69 Å². The van der Waals surface area contributed by atoms with Crippen LogP contribution in [-0.2, 0) is 11.3 Å². The summed E-state index contributed by atoms with van der Waals surface area (Å²) in [7, 11) is 0. The van der Waals surface area contributed by atoms with Crippen molar-refractivity contribution >= 4 is 11.6 Å². The van der Waals surface area contributed by atoms with Gasteiger partial charge in [0, 0.05) is 17.2 Å². The third kappa shape index (κ3) is 2.85. The minimum Gasteiger partial charge on any atom is -0.483 e. The number of benzene rings is 2. The molecule has 6 nitrogen and oxygen atoms in total. The van der Waals surface area contributed by atoms with Crippen molar-refractivity contribution in [1.29, 1.82) is 0 Å².